The Kier molecular flexibility index (Phi) is 7.95. The third-order valence-corrected chi connectivity index (χ3v) is 6.38. The van der Waals surface area contributed by atoms with E-state index in [0.29, 0.717) is 15.6 Å². The molecule has 3 rings (SSSR count). The fourth-order valence-electron chi connectivity index (χ4n) is 2.90. The van der Waals surface area contributed by atoms with E-state index in [0.717, 1.165) is 11.6 Å². The molecule has 1 N–H and O–H groups in total. The fraction of sp³-hybridized carbons (Fsp3) is 0.125. The largest absolute Gasteiger partial charge is 0.479 e. The van der Waals surface area contributed by atoms with E-state index in [1.165, 1.54) is 36.5 Å². The molecule has 0 atom stereocenters. The van der Waals surface area contributed by atoms with E-state index in [-0.39, 0.29) is 17.2 Å². The molecule has 0 aliphatic rings. The first kappa shape index (κ1) is 24.4. The molecule has 0 aromatic heterocycles. The number of sulfonamides is 1. The zero-order chi connectivity index (χ0) is 24.6. The first-order chi connectivity index (χ1) is 16.3. The number of nitrogens with one attached hydrogen (secondary N) is 1. The van der Waals surface area contributed by atoms with Gasteiger partial charge in [0.2, 0.25) is 0 Å². The van der Waals surface area contributed by atoms with E-state index in [9.17, 15) is 17.6 Å². The maximum Gasteiger partial charge on any atom is 0.264 e. The number of aryl methyl sites for hydroxylation is 1. The summed E-state index contributed by atoms with van der Waals surface area (Å²) in [6.07, 6.45) is 1.36. The van der Waals surface area contributed by atoms with Crippen molar-refractivity contribution in [1.82, 2.24) is 5.43 Å². The standard InChI is InChI=1S/C24H21FN4O4S/c1-18-6-12-21(13-7-18)34(31,32)29(23-5-3-2-4-22(23)25)17-24(30)28-27-16-19-8-10-20(11-9-19)33-15-14-26/h2-13,16H,15,17H2,1H3,(H,28,30)/b27-16+. The Morgan fingerprint density at radius 2 is 1.79 bits per heavy atom. The summed E-state index contributed by atoms with van der Waals surface area (Å²) < 4.78 is 46.8. The summed E-state index contributed by atoms with van der Waals surface area (Å²) in [5.74, 6) is -1.04. The van der Waals surface area contributed by atoms with Crippen LogP contribution in [-0.2, 0) is 14.8 Å². The number of rotatable bonds is 9. The van der Waals surface area contributed by atoms with E-state index in [1.54, 1.807) is 36.4 Å². The Morgan fingerprint density at radius 1 is 1.12 bits per heavy atom. The molecule has 174 valence electrons. The van der Waals surface area contributed by atoms with Crippen LogP contribution in [0.3, 0.4) is 0 Å². The van der Waals surface area contributed by atoms with Crippen LogP contribution in [0.1, 0.15) is 11.1 Å². The molecule has 0 heterocycles. The normalized spacial score (nSPS) is 11.1. The van der Waals surface area contributed by atoms with Crippen LogP contribution in [0.2, 0.25) is 0 Å². The second-order valence-electron chi connectivity index (χ2n) is 7.09. The maximum atomic E-state index is 14.5. The average Bonchev–Trinajstić information content (AvgIpc) is 2.83. The quantitative estimate of drug-likeness (QED) is 0.373. The Hall–Kier alpha value is -4.23. The van der Waals surface area contributed by atoms with Crippen molar-refractivity contribution in [2.45, 2.75) is 11.8 Å². The lowest BCUT2D eigenvalue weighted by atomic mass is 10.2. The molecule has 3 aromatic rings. The third kappa shape index (κ3) is 6.17. The second-order valence-corrected chi connectivity index (χ2v) is 8.95. The molecule has 0 spiro atoms. The van der Waals surface area contributed by atoms with E-state index in [2.05, 4.69) is 10.5 Å². The summed E-state index contributed by atoms with van der Waals surface area (Å²) in [5, 5.41) is 12.4. The molecule has 1 amide bonds. The van der Waals surface area contributed by atoms with Crippen LogP contribution in [-0.4, -0.2) is 33.7 Å². The average molecular weight is 481 g/mol. The van der Waals surface area contributed by atoms with Gasteiger partial charge in [0, 0.05) is 0 Å². The molecule has 0 bridgehead atoms. The van der Waals surface area contributed by atoms with Gasteiger partial charge < -0.3 is 4.74 Å². The summed E-state index contributed by atoms with van der Waals surface area (Å²) in [4.78, 5) is 12.5. The number of nitrogens with zero attached hydrogens (tertiary/aromatic N) is 3. The van der Waals surface area contributed by atoms with Crippen LogP contribution in [0.15, 0.2) is 82.8 Å². The molecule has 34 heavy (non-hydrogen) atoms. The molecule has 10 heteroatoms. The molecular formula is C24H21FN4O4S. The molecule has 3 aromatic carbocycles. The van der Waals surface area contributed by atoms with Gasteiger partial charge in [-0.25, -0.2) is 18.2 Å². The number of amides is 1. The topological polar surface area (TPSA) is 112 Å². The Bertz CT molecular complexity index is 1320. The number of hydrazone groups is 1. The van der Waals surface area contributed by atoms with Gasteiger partial charge in [-0.15, -0.1) is 0 Å². The van der Waals surface area contributed by atoms with Crippen molar-refractivity contribution >= 4 is 27.8 Å². The van der Waals surface area contributed by atoms with E-state index < -0.39 is 28.3 Å². The van der Waals surface area contributed by atoms with Crippen LogP contribution in [0.4, 0.5) is 10.1 Å². The van der Waals surface area contributed by atoms with Crippen LogP contribution < -0.4 is 14.5 Å². The SMILES string of the molecule is Cc1ccc(S(=O)(=O)N(CC(=O)N/N=C/c2ccc(OCC#N)cc2)c2ccccc2F)cc1. The van der Waals surface area contributed by atoms with Crippen molar-refractivity contribution in [2.24, 2.45) is 5.10 Å². The van der Waals surface area contributed by atoms with Crippen molar-refractivity contribution in [3.63, 3.8) is 0 Å². The Balaban J connectivity index is 1.77. The summed E-state index contributed by atoms with van der Waals surface area (Å²) in [7, 11) is -4.23. The van der Waals surface area contributed by atoms with Crippen LogP contribution in [0.5, 0.6) is 5.75 Å². The zero-order valence-corrected chi connectivity index (χ0v) is 19.0. The summed E-state index contributed by atoms with van der Waals surface area (Å²) in [6, 6.07) is 19.8. The minimum Gasteiger partial charge on any atom is -0.479 e. The highest BCUT2D eigenvalue weighted by atomic mass is 32.2. The fourth-order valence-corrected chi connectivity index (χ4v) is 4.33. The lowest BCUT2D eigenvalue weighted by molar-refractivity contribution is -0.119. The highest BCUT2D eigenvalue weighted by Gasteiger charge is 2.29. The van der Waals surface area contributed by atoms with E-state index in [1.807, 2.05) is 13.0 Å². The summed E-state index contributed by atoms with van der Waals surface area (Å²) >= 11 is 0. The number of hydrogen-bond donors (Lipinski definition) is 1. The summed E-state index contributed by atoms with van der Waals surface area (Å²) in [5.41, 5.74) is 3.49. The molecule has 0 fully saturated rings. The van der Waals surface area contributed by atoms with E-state index in [4.69, 9.17) is 10.00 Å². The van der Waals surface area contributed by atoms with Crippen molar-refractivity contribution in [1.29, 1.82) is 5.26 Å². The van der Waals surface area contributed by atoms with Crippen molar-refractivity contribution in [3.05, 3.63) is 89.7 Å². The number of hydrogen-bond acceptors (Lipinski definition) is 6. The van der Waals surface area contributed by atoms with Gasteiger partial charge in [0.25, 0.3) is 15.9 Å². The molecule has 0 aliphatic carbocycles. The molecule has 8 nitrogen and oxygen atoms in total. The second kappa shape index (κ2) is 11.1. The number of anilines is 1. The predicted octanol–water partition coefficient (Wildman–Crippen LogP) is 3.38. The Labute approximate surface area is 197 Å². The predicted molar refractivity (Wildman–Crippen MR) is 125 cm³/mol. The number of nitriles is 1. The smallest absolute Gasteiger partial charge is 0.264 e. The van der Waals surface area contributed by atoms with Crippen LogP contribution >= 0.6 is 0 Å². The van der Waals surface area contributed by atoms with Gasteiger partial charge in [-0.3, -0.25) is 9.10 Å². The number of benzene rings is 3. The number of ether oxygens (including phenoxy) is 1. The minimum absolute atomic E-state index is 0.0728. The molecule has 0 saturated heterocycles. The third-order valence-electron chi connectivity index (χ3n) is 4.60. The molecular weight excluding hydrogens is 459 g/mol. The van der Waals surface area contributed by atoms with Crippen molar-refractivity contribution < 1.29 is 22.3 Å². The van der Waals surface area contributed by atoms with Gasteiger partial charge in [0.1, 0.15) is 24.2 Å². The van der Waals surface area contributed by atoms with Gasteiger partial charge in [0.05, 0.1) is 16.8 Å². The maximum absolute atomic E-state index is 14.5. The molecule has 0 saturated carbocycles. The van der Waals surface area contributed by atoms with Crippen molar-refractivity contribution in [2.75, 3.05) is 17.5 Å². The minimum atomic E-state index is -4.23. The zero-order valence-electron chi connectivity index (χ0n) is 18.2. The number of halogens is 1. The first-order valence-electron chi connectivity index (χ1n) is 10.1. The van der Waals surface area contributed by atoms with Gasteiger partial charge >= 0.3 is 0 Å². The van der Waals surface area contributed by atoms with Gasteiger partial charge in [-0.1, -0.05) is 29.8 Å². The van der Waals surface area contributed by atoms with Gasteiger partial charge in [-0.2, -0.15) is 10.4 Å². The molecule has 0 unspecified atom stereocenters. The highest BCUT2D eigenvalue weighted by Crippen LogP contribution is 2.26. The first-order valence-corrected chi connectivity index (χ1v) is 11.5. The van der Waals surface area contributed by atoms with Gasteiger partial charge in [-0.05, 0) is 61.0 Å². The van der Waals surface area contributed by atoms with Crippen molar-refractivity contribution in [3.8, 4) is 11.8 Å². The molecule has 0 aliphatic heterocycles. The lowest BCUT2D eigenvalue weighted by Gasteiger charge is -2.24. The highest BCUT2D eigenvalue weighted by molar-refractivity contribution is 7.92. The number of carbonyl (C=O) groups is 1. The Morgan fingerprint density at radius 3 is 2.44 bits per heavy atom. The van der Waals surface area contributed by atoms with Crippen LogP contribution in [0.25, 0.3) is 0 Å². The monoisotopic (exact) mass is 480 g/mol. The number of carbonyl (C=O) groups excluding carboxylic acids is 1. The molecule has 0 radical (unpaired) electrons. The van der Waals surface area contributed by atoms with E-state index >= 15 is 0 Å². The van der Waals surface area contributed by atoms with Gasteiger partial charge in [0.15, 0.2) is 6.61 Å². The lowest BCUT2D eigenvalue weighted by Crippen LogP contribution is -2.40. The van der Waals surface area contributed by atoms with Crippen LogP contribution in [0, 0.1) is 24.1 Å². The number of para-hydroxylation sites is 1. The summed E-state index contributed by atoms with van der Waals surface area (Å²) in [6.45, 7) is 1.05.